The number of aromatic hydroxyl groups is 4. The van der Waals surface area contributed by atoms with Gasteiger partial charge < -0.3 is 25.5 Å². The van der Waals surface area contributed by atoms with Gasteiger partial charge in [-0.1, -0.05) is 30.3 Å². The minimum Gasteiger partial charge on any atom is -0.504 e. The highest BCUT2D eigenvalue weighted by molar-refractivity contribution is 6.18. The van der Waals surface area contributed by atoms with Crippen molar-refractivity contribution in [2.45, 2.75) is 0 Å². The fourth-order valence-corrected chi connectivity index (χ4v) is 3.99. The van der Waals surface area contributed by atoms with Gasteiger partial charge in [-0.25, -0.2) is 4.79 Å². The van der Waals surface area contributed by atoms with Gasteiger partial charge in [-0.2, -0.15) is 4.42 Å². The van der Waals surface area contributed by atoms with Crippen LogP contribution in [0.4, 0.5) is 0 Å². The lowest BCUT2D eigenvalue weighted by Crippen LogP contribution is -1.99. The molecule has 7 heteroatoms. The molecular weight excluding hydrogens is 400 g/mol. The van der Waals surface area contributed by atoms with Crippen molar-refractivity contribution in [3.8, 4) is 34.1 Å². The lowest BCUT2D eigenvalue weighted by Gasteiger charge is -2.12. The monoisotopic (exact) mass is 415 g/mol. The van der Waals surface area contributed by atoms with Gasteiger partial charge in [-0.3, -0.25) is 0 Å². The van der Waals surface area contributed by atoms with Crippen molar-refractivity contribution >= 4 is 38.7 Å². The van der Waals surface area contributed by atoms with E-state index in [1.807, 2.05) is 0 Å². The van der Waals surface area contributed by atoms with Gasteiger partial charge in [0, 0.05) is 10.9 Å². The molecule has 5 rings (SSSR count). The number of benzene rings is 4. The number of fused-ring (bicyclic) bond motifs is 3. The Bertz CT molecular complexity index is 1480. The Morgan fingerprint density at radius 1 is 0.710 bits per heavy atom. The molecular formula is C24H15O7+. The quantitative estimate of drug-likeness (QED) is 0.152. The maximum absolute atomic E-state index is 12.0. The zero-order chi connectivity index (χ0) is 21.9. The van der Waals surface area contributed by atoms with Crippen LogP contribution in [0, 0.1) is 0 Å². The molecule has 0 saturated heterocycles. The smallest absolute Gasteiger partial charge is 0.406 e. The van der Waals surface area contributed by atoms with Crippen LogP contribution < -0.4 is 0 Å². The summed E-state index contributed by atoms with van der Waals surface area (Å²) in [6, 6.07) is 15.9. The van der Waals surface area contributed by atoms with Gasteiger partial charge in [0.25, 0.3) is 11.5 Å². The number of carboxylic acid groups (broad SMARTS) is 1. The summed E-state index contributed by atoms with van der Waals surface area (Å²) >= 11 is 0. The minimum absolute atomic E-state index is 0.0844. The van der Waals surface area contributed by atoms with Crippen LogP contribution in [0.25, 0.3) is 43.8 Å². The molecule has 152 valence electrons. The molecule has 0 aliphatic heterocycles. The molecule has 4 aromatic carbocycles. The van der Waals surface area contributed by atoms with E-state index in [1.54, 1.807) is 30.3 Å². The number of carboxylic acids is 1. The average molecular weight is 415 g/mol. The molecule has 5 N–H and O–H groups in total. The van der Waals surface area contributed by atoms with Crippen LogP contribution in [-0.4, -0.2) is 31.5 Å². The molecule has 0 fully saturated rings. The second kappa shape index (κ2) is 6.50. The van der Waals surface area contributed by atoms with Gasteiger partial charge in [0.15, 0.2) is 11.5 Å². The molecule has 0 radical (unpaired) electrons. The van der Waals surface area contributed by atoms with Crippen molar-refractivity contribution in [3.05, 3.63) is 66.2 Å². The summed E-state index contributed by atoms with van der Waals surface area (Å²) in [6.45, 7) is 0. The van der Waals surface area contributed by atoms with Crippen LogP contribution in [0.15, 0.2) is 65.1 Å². The maximum Gasteiger partial charge on any atom is 0.406 e. The number of phenols is 4. The third kappa shape index (κ3) is 2.60. The Labute approximate surface area is 174 Å². The second-order valence-corrected chi connectivity index (χ2v) is 7.11. The fourth-order valence-electron chi connectivity index (χ4n) is 3.99. The number of hydrogen-bond donors (Lipinski definition) is 5. The molecule has 0 spiro atoms. The lowest BCUT2D eigenvalue weighted by molar-refractivity contribution is 0.0699. The Morgan fingerprint density at radius 2 is 1.26 bits per heavy atom. The summed E-state index contributed by atoms with van der Waals surface area (Å²) in [5.74, 6) is -3.03. The van der Waals surface area contributed by atoms with E-state index in [2.05, 4.69) is 0 Å². The van der Waals surface area contributed by atoms with Gasteiger partial charge in [0.1, 0.15) is 0 Å². The summed E-state index contributed by atoms with van der Waals surface area (Å²) < 4.78 is 5.69. The van der Waals surface area contributed by atoms with Crippen LogP contribution in [0.3, 0.4) is 0 Å². The normalized spacial score (nSPS) is 11.4. The highest BCUT2D eigenvalue weighted by Crippen LogP contribution is 2.47. The van der Waals surface area contributed by atoms with Gasteiger partial charge in [0.05, 0.1) is 16.3 Å². The van der Waals surface area contributed by atoms with E-state index in [9.17, 15) is 30.3 Å². The van der Waals surface area contributed by atoms with E-state index in [0.29, 0.717) is 32.7 Å². The second-order valence-electron chi connectivity index (χ2n) is 7.11. The summed E-state index contributed by atoms with van der Waals surface area (Å²) in [7, 11) is 0. The third-order valence-electron chi connectivity index (χ3n) is 5.37. The molecule has 0 aliphatic carbocycles. The highest BCUT2D eigenvalue weighted by Gasteiger charge is 2.29. The average Bonchev–Trinajstić information content (AvgIpc) is 2.77. The van der Waals surface area contributed by atoms with Gasteiger partial charge in [0.2, 0.25) is 0 Å². The van der Waals surface area contributed by atoms with Crippen LogP contribution >= 0.6 is 0 Å². The molecule has 0 amide bonds. The third-order valence-corrected chi connectivity index (χ3v) is 5.37. The topological polar surface area (TPSA) is 130 Å². The first-order chi connectivity index (χ1) is 14.9. The molecule has 5 aromatic rings. The summed E-state index contributed by atoms with van der Waals surface area (Å²) in [5, 5.41) is 52.5. The first-order valence-corrected chi connectivity index (χ1v) is 9.29. The van der Waals surface area contributed by atoms with Gasteiger partial charge >= 0.3 is 17.1 Å². The van der Waals surface area contributed by atoms with E-state index in [-0.39, 0.29) is 16.7 Å². The summed E-state index contributed by atoms with van der Waals surface area (Å²) in [4.78, 5) is 12.0. The van der Waals surface area contributed by atoms with Crippen LogP contribution in [0.5, 0.6) is 23.0 Å². The zero-order valence-electron chi connectivity index (χ0n) is 15.8. The molecule has 1 aromatic heterocycles. The first kappa shape index (κ1) is 18.5. The van der Waals surface area contributed by atoms with E-state index in [1.165, 1.54) is 30.3 Å². The Balaban J connectivity index is 2.08. The van der Waals surface area contributed by atoms with E-state index in [0.717, 1.165) is 0 Å². The van der Waals surface area contributed by atoms with Crippen LogP contribution in [0.2, 0.25) is 0 Å². The van der Waals surface area contributed by atoms with Crippen molar-refractivity contribution < 1.29 is 34.7 Å². The zero-order valence-corrected chi connectivity index (χ0v) is 15.8. The molecule has 0 aliphatic rings. The molecule has 31 heavy (non-hydrogen) atoms. The van der Waals surface area contributed by atoms with Gasteiger partial charge in [-0.05, 0) is 41.3 Å². The van der Waals surface area contributed by atoms with E-state index in [4.69, 9.17) is 4.42 Å². The van der Waals surface area contributed by atoms with Crippen molar-refractivity contribution in [1.82, 2.24) is 0 Å². The van der Waals surface area contributed by atoms with E-state index < -0.39 is 29.0 Å². The number of phenolic OH excluding ortho intramolecular Hbond substituents is 4. The Morgan fingerprint density at radius 3 is 1.81 bits per heavy atom. The predicted molar refractivity (Wildman–Crippen MR) is 115 cm³/mol. The molecule has 0 unspecified atom stereocenters. The van der Waals surface area contributed by atoms with E-state index >= 15 is 0 Å². The molecule has 7 nitrogen and oxygen atoms in total. The van der Waals surface area contributed by atoms with Crippen molar-refractivity contribution in [1.29, 1.82) is 0 Å². The number of aromatic carboxylic acids is 1. The number of rotatable bonds is 2. The van der Waals surface area contributed by atoms with Crippen LogP contribution in [0.1, 0.15) is 10.4 Å². The number of carbonyl (C=O) groups is 1. The van der Waals surface area contributed by atoms with Crippen molar-refractivity contribution in [2.24, 2.45) is 0 Å². The first-order valence-electron chi connectivity index (χ1n) is 9.29. The van der Waals surface area contributed by atoms with Crippen molar-refractivity contribution in [3.63, 3.8) is 0 Å². The molecule has 0 atom stereocenters. The molecule has 0 bridgehead atoms. The molecule has 0 saturated carbocycles. The van der Waals surface area contributed by atoms with Crippen LogP contribution in [-0.2, 0) is 0 Å². The summed E-state index contributed by atoms with van der Waals surface area (Å²) in [5.41, 5.74) is 0.847. The van der Waals surface area contributed by atoms with Crippen molar-refractivity contribution in [2.75, 3.05) is 0 Å². The summed E-state index contributed by atoms with van der Waals surface area (Å²) in [6.07, 6.45) is 0. The maximum atomic E-state index is 12.0. The highest BCUT2D eigenvalue weighted by atomic mass is 16.4. The standard InChI is InChI=1S/C24H14O7/c25-16-9-7-13-19(12-5-1-3-11-4-2-6-15(18(11)12)24(29)30)14-8-10-17(26)21(28)23(14)31-22(13)20(16)27/h1-10H,(H4-,25,26,27,28,29,30)/p+1. The Kier molecular flexibility index (Phi) is 3.88. The van der Waals surface area contributed by atoms with Gasteiger partial charge in [-0.15, -0.1) is 0 Å². The predicted octanol–water partition coefficient (Wildman–Crippen LogP) is 5.21. The largest absolute Gasteiger partial charge is 0.504 e. The molecule has 1 heterocycles. The lowest BCUT2D eigenvalue weighted by atomic mass is 9.90. The SMILES string of the molecule is O=C(O)c1cccc2cccc(-c3c4ccc(O)c(O)c4[o+]c4c(O)c(O)ccc34)c12. The number of hydrogen-bond acceptors (Lipinski definition) is 5. The fraction of sp³-hybridized carbons (Fsp3) is 0. The Hall–Kier alpha value is -4.52. The minimum atomic E-state index is -1.10.